The van der Waals surface area contributed by atoms with E-state index in [-0.39, 0.29) is 0 Å². The van der Waals surface area contributed by atoms with E-state index in [1.54, 1.807) is 0 Å². The summed E-state index contributed by atoms with van der Waals surface area (Å²) >= 11 is 0. The van der Waals surface area contributed by atoms with Gasteiger partial charge >= 0.3 is 0 Å². The molecule has 21 heavy (non-hydrogen) atoms. The Morgan fingerprint density at radius 3 is 2.86 bits per heavy atom. The lowest BCUT2D eigenvalue weighted by Crippen LogP contribution is -2.45. The molecule has 1 saturated heterocycles. The zero-order valence-electron chi connectivity index (χ0n) is 14.1. The standard InChI is InChI=1S/C16H29N5/c1-12(2)16-18-10-15(14(19-16)9-17-3)21(5)13-7-6-8-20(4)11-13/h10,12-13,17H,6-9,11H2,1-5H3. The first-order chi connectivity index (χ1) is 10.0. The van der Waals surface area contributed by atoms with E-state index in [2.05, 4.69) is 48.0 Å². The van der Waals surface area contributed by atoms with Gasteiger partial charge < -0.3 is 15.1 Å². The van der Waals surface area contributed by atoms with Gasteiger partial charge in [-0.2, -0.15) is 0 Å². The number of nitrogens with one attached hydrogen (secondary N) is 1. The van der Waals surface area contributed by atoms with E-state index in [4.69, 9.17) is 4.98 Å². The molecule has 0 saturated carbocycles. The normalized spacial score (nSPS) is 20.0. The molecule has 0 radical (unpaired) electrons. The first-order valence-corrected chi connectivity index (χ1v) is 7.94. The van der Waals surface area contributed by atoms with Crippen molar-refractivity contribution < 1.29 is 0 Å². The maximum Gasteiger partial charge on any atom is 0.131 e. The van der Waals surface area contributed by atoms with Crippen LogP contribution in [0.1, 0.15) is 44.1 Å². The summed E-state index contributed by atoms with van der Waals surface area (Å²) in [5.41, 5.74) is 2.26. The van der Waals surface area contributed by atoms with Crippen LogP contribution in [0.25, 0.3) is 0 Å². The Hall–Kier alpha value is -1.20. The number of hydrogen-bond acceptors (Lipinski definition) is 5. The predicted molar refractivity (Wildman–Crippen MR) is 87.8 cm³/mol. The number of piperidine rings is 1. The van der Waals surface area contributed by atoms with Crippen molar-refractivity contribution in [3.05, 3.63) is 17.7 Å². The van der Waals surface area contributed by atoms with Crippen molar-refractivity contribution >= 4 is 5.69 Å². The Balaban J connectivity index is 2.24. The van der Waals surface area contributed by atoms with Crippen LogP contribution < -0.4 is 10.2 Å². The van der Waals surface area contributed by atoms with Crippen LogP contribution in [0.2, 0.25) is 0 Å². The molecule has 1 aliphatic rings. The summed E-state index contributed by atoms with van der Waals surface area (Å²) in [6.07, 6.45) is 4.51. The number of likely N-dealkylation sites (N-methyl/N-ethyl adjacent to an activating group) is 2. The highest BCUT2D eigenvalue weighted by Crippen LogP contribution is 2.24. The monoisotopic (exact) mass is 291 g/mol. The maximum absolute atomic E-state index is 4.77. The van der Waals surface area contributed by atoms with E-state index >= 15 is 0 Å². The van der Waals surface area contributed by atoms with Crippen LogP contribution in [0, 0.1) is 0 Å². The molecule has 0 aromatic carbocycles. The van der Waals surface area contributed by atoms with Crippen LogP contribution in [-0.4, -0.2) is 55.1 Å². The van der Waals surface area contributed by atoms with Gasteiger partial charge in [0.25, 0.3) is 0 Å². The second kappa shape index (κ2) is 7.18. The lowest BCUT2D eigenvalue weighted by Gasteiger charge is -2.37. The Bertz CT molecular complexity index is 460. The number of likely N-dealkylation sites (tertiary alicyclic amines) is 1. The highest BCUT2D eigenvalue weighted by Gasteiger charge is 2.23. The average Bonchev–Trinajstić information content (AvgIpc) is 2.46. The van der Waals surface area contributed by atoms with E-state index in [9.17, 15) is 0 Å². The molecule has 0 aliphatic carbocycles. The van der Waals surface area contributed by atoms with Crippen LogP contribution in [-0.2, 0) is 6.54 Å². The van der Waals surface area contributed by atoms with Crippen molar-refractivity contribution in [2.75, 3.05) is 39.1 Å². The van der Waals surface area contributed by atoms with E-state index < -0.39 is 0 Å². The zero-order valence-corrected chi connectivity index (χ0v) is 14.1. The summed E-state index contributed by atoms with van der Waals surface area (Å²) < 4.78 is 0. The Kier molecular flexibility index (Phi) is 5.53. The number of rotatable bonds is 5. The first-order valence-electron chi connectivity index (χ1n) is 7.94. The van der Waals surface area contributed by atoms with Gasteiger partial charge in [0.2, 0.25) is 0 Å². The van der Waals surface area contributed by atoms with Gasteiger partial charge in [0.15, 0.2) is 0 Å². The van der Waals surface area contributed by atoms with Crippen molar-refractivity contribution in [1.29, 1.82) is 0 Å². The zero-order chi connectivity index (χ0) is 15.4. The summed E-state index contributed by atoms with van der Waals surface area (Å²) in [5, 5.41) is 3.23. The average molecular weight is 291 g/mol. The quantitative estimate of drug-likeness (QED) is 0.897. The fraction of sp³-hybridized carbons (Fsp3) is 0.750. The van der Waals surface area contributed by atoms with Crippen molar-refractivity contribution in [3.63, 3.8) is 0 Å². The van der Waals surface area contributed by atoms with Crippen LogP contribution in [0.3, 0.4) is 0 Å². The molecule has 0 bridgehead atoms. The number of aromatic nitrogens is 2. The maximum atomic E-state index is 4.77. The minimum Gasteiger partial charge on any atom is -0.368 e. The van der Waals surface area contributed by atoms with Gasteiger partial charge in [0.05, 0.1) is 17.6 Å². The van der Waals surface area contributed by atoms with Crippen LogP contribution >= 0.6 is 0 Å². The lowest BCUT2D eigenvalue weighted by atomic mass is 10.0. The molecule has 1 atom stereocenters. The van der Waals surface area contributed by atoms with Gasteiger partial charge in [-0.05, 0) is 33.5 Å². The molecular weight excluding hydrogens is 262 g/mol. The van der Waals surface area contributed by atoms with Gasteiger partial charge in [-0.25, -0.2) is 9.97 Å². The molecule has 0 amide bonds. The fourth-order valence-electron chi connectivity index (χ4n) is 2.95. The molecule has 0 spiro atoms. The van der Waals surface area contributed by atoms with Crippen molar-refractivity contribution in [1.82, 2.24) is 20.2 Å². The smallest absolute Gasteiger partial charge is 0.131 e. The van der Waals surface area contributed by atoms with Crippen LogP contribution in [0.15, 0.2) is 6.20 Å². The Morgan fingerprint density at radius 1 is 1.48 bits per heavy atom. The molecule has 118 valence electrons. The molecule has 1 N–H and O–H groups in total. The van der Waals surface area contributed by atoms with Crippen molar-refractivity contribution in [2.24, 2.45) is 0 Å². The van der Waals surface area contributed by atoms with Gasteiger partial charge in [0.1, 0.15) is 5.82 Å². The third-order valence-corrected chi connectivity index (χ3v) is 4.25. The SMILES string of the molecule is CNCc1nc(C(C)C)ncc1N(C)C1CCCN(C)C1. The third-order valence-electron chi connectivity index (χ3n) is 4.25. The first kappa shape index (κ1) is 16.2. The Labute approximate surface area is 128 Å². The fourth-order valence-corrected chi connectivity index (χ4v) is 2.95. The predicted octanol–water partition coefficient (Wildman–Crippen LogP) is 1.85. The summed E-state index contributed by atoms with van der Waals surface area (Å²) in [5.74, 6) is 1.29. The number of nitrogens with zero attached hydrogens (tertiary/aromatic N) is 4. The highest BCUT2D eigenvalue weighted by atomic mass is 15.2. The van der Waals surface area contributed by atoms with E-state index in [0.717, 1.165) is 30.3 Å². The van der Waals surface area contributed by atoms with Crippen molar-refractivity contribution in [2.45, 2.75) is 45.2 Å². The van der Waals surface area contributed by atoms with Crippen LogP contribution in [0.4, 0.5) is 5.69 Å². The molecule has 1 unspecified atom stereocenters. The minimum absolute atomic E-state index is 0.362. The van der Waals surface area contributed by atoms with Gasteiger partial charge in [-0.15, -0.1) is 0 Å². The minimum atomic E-state index is 0.362. The lowest BCUT2D eigenvalue weighted by molar-refractivity contribution is 0.247. The van der Waals surface area contributed by atoms with E-state index in [0.29, 0.717) is 12.0 Å². The number of hydrogen-bond donors (Lipinski definition) is 1. The van der Waals surface area contributed by atoms with E-state index in [1.165, 1.54) is 19.4 Å². The summed E-state index contributed by atoms with van der Waals surface area (Å²) in [4.78, 5) is 14.1. The molecule has 2 heterocycles. The van der Waals surface area contributed by atoms with Crippen LogP contribution in [0.5, 0.6) is 0 Å². The summed E-state index contributed by atoms with van der Waals surface area (Å²) in [7, 11) is 6.35. The molecule has 5 heteroatoms. The van der Waals surface area contributed by atoms with Gasteiger partial charge in [0, 0.05) is 32.1 Å². The second-order valence-electron chi connectivity index (χ2n) is 6.41. The molecule has 2 rings (SSSR count). The number of anilines is 1. The van der Waals surface area contributed by atoms with E-state index in [1.807, 2.05) is 13.2 Å². The molecular formula is C16H29N5. The molecule has 1 fully saturated rings. The second-order valence-corrected chi connectivity index (χ2v) is 6.41. The van der Waals surface area contributed by atoms with Gasteiger partial charge in [-0.3, -0.25) is 0 Å². The summed E-state index contributed by atoms with van der Waals surface area (Å²) in [6.45, 7) is 7.37. The van der Waals surface area contributed by atoms with Crippen molar-refractivity contribution in [3.8, 4) is 0 Å². The highest BCUT2D eigenvalue weighted by molar-refractivity contribution is 5.49. The molecule has 1 aromatic rings. The summed E-state index contributed by atoms with van der Waals surface area (Å²) in [6, 6.07) is 0.549. The largest absolute Gasteiger partial charge is 0.368 e. The third kappa shape index (κ3) is 3.92. The topological polar surface area (TPSA) is 44.3 Å². The molecule has 1 aliphatic heterocycles. The Morgan fingerprint density at radius 2 is 2.24 bits per heavy atom. The molecule has 1 aromatic heterocycles. The van der Waals surface area contributed by atoms with Gasteiger partial charge in [-0.1, -0.05) is 13.8 Å². The molecule has 5 nitrogen and oxygen atoms in total.